The van der Waals surface area contributed by atoms with Crippen LogP contribution in [0.1, 0.15) is 35.3 Å². The number of nitrogens with zero attached hydrogens (tertiary/aromatic N) is 4. The Kier molecular flexibility index (Phi) is 7.24. The Morgan fingerprint density at radius 3 is 2.60 bits per heavy atom. The molecule has 2 amide bonds. The lowest BCUT2D eigenvalue weighted by Gasteiger charge is -2.36. The van der Waals surface area contributed by atoms with Crippen LogP contribution in [0, 0.1) is 0 Å². The number of aromatic amines is 1. The molecule has 6 rings (SSSR count). The van der Waals surface area contributed by atoms with Crippen LogP contribution in [0.4, 0.5) is 24.7 Å². The van der Waals surface area contributed by atoms with E-state index in [1.807, 2.05) is 5.10 Å². The Balaban J connectivity index is 1.09. The molecule has 1 aliphatic carbocycles. The number of halogens is 4. The molecule has 0 unspecified atom stereocenters. The predicted molar refractivity (Wildman–Crippen MR) is 145 cm³/mol. The van der Waals surface area contributed by atoms with Crippen molar-refractivity contribution >= 4 is 40.6 Å². The van der Waals surface area contributed by atoms with Crippen molar-refractivity contribution in [2.75, 3.05) is 11.9 Å². The van der Waals surface area contributed by atoms with E-state index in [1.54, 1.807) is 12.1 Å². The number of H-pyrrole nitrogens is 1. The van der Waals surface area contributed by atoms with E-state index in [1.165, 1.54) is 29.1 Å². The van der Waals surface area contributed by atoms with Gasteiger partial charge in [0.25, 0.3) is 5.91 Å². The molecule has 1 saturated carbocycles. The van der Waals surface area contributed by atoms with E-state index in [2.05, 4.69) is 36.3 Å². The van der Waals surface area contributed by atoms with Crippen molar-refractivity contribution in [1.29, 1.82) is 0 Å². The second-order valence-corrected chi connectivity index (χ2v) is 10.7. The van der Waals surface area contributed by atoms with E-state index in [-0.39, 0.29) is 57.2 Å². The van der Waals surface area contributed by atoms with Crippen LogP contribution in [0.15, 0.2) is 43.0 Å². The summed E-state index contributed by atoms with van der Waals surface area (Å²) in [6, 6.07) is 4.12. The number of nitrogens with one attached hydrogen (secondary N) is 5. The quantitative estimate of drug-likeness (QED) is 0.188. The molecule has 0 bridgehead atoms. The second-order valence-electron chi connectivity index (χ2n) is 10.3. The molecule has 1 aliphatic heterocycles. The van der Waals surface area contributed by atoms with Crippen LogP contribution in [0.25, 0.3) is 16.9 Å². The zero-order chi connectivity index (χ0) is 29.6. The van der Waals surface area contributed by atoms with Crippen molar-refractivity contribution in [2.45, 2.75) is 49.7 Å². The Bertz CT molecular complexity index is 1650. The van der Waals surface area contributed by atoms with Crippen molar-refractivity contribution in [3.63, 3.8) is 0 Å². The smallest absolute Gasteiger partial charge is 0.392 e. The largest absolute Gasteiger partial charge is 0.433 e. The molecule has 1 saturated heterocycles. The number of rotatable bonds is 7. The molecule has 42 heavy (non-hydrogen) atoms. The van der Waals surface area contributed by atoms with E-state index in [0.29, 0.717) is 31.5 Å². The van der Waals surface area contributed by atoms with Crippen LogP contribution in [-0.2, 0) is 11.0 Å². The molecule has 3 aromatic heterocycles. The van der Waals surface area contributed by atoms with Gasteiger partial charge in [-0.05, 0) is 37.5 Å². The molecule has 0 radical (unpaired) electrons. The zero-order valence-corrected chi connectivity index (χ0v) is 22.5. The Labute approximate surface area is 241 Å². The summed E-state index contributed by atoms with van der Waals surface area (Å²) in [5.74, 6) is -0.253. The maximum Gasteiger partial charge on any atom is 0.433 e. The number of carbonyl (C=O) groups excluding carboxylic acids is 2. The fourth-order valence-corrected chi connectivity index (χ4v) is 5.42. The number of hydrogen-bond acceptors (Lipinski definition) is 8. The molecule has 4 aromatic rings. The minimum Gasteiger partial charge on any atom is -0.392 e. The number of aromatic nitrogens is 5. The third-order valence-corrected chi connectivity index (χ3v) is 7.66. The molecule has 2 atom stereocenters. The number of amides is 2. The monoisotopic (exact) mass is 603 g/mol. The first-order valence-electron chi connectivity index (χ1n) is 13.1. The van der Waals surface area contributed by atoms with Crippen molar-refractivity contribution in [1.82, 2.24) is 40.5 Å². The topological polar surface area (TPSA) is 161 Å². The van der Waals surface area contributed by atoms with E-state index < -0.39 is 24.0 Å². The highest BCUT2D eigenvalue weighted by Gasteiger charge is 2.37. The molecule has 12 nitrogen and oxygen atoms in total. The van der Waals surface area contributed by atoms with Gasteiger partial charge in [-0.25, -0.2) is 9.97 Å². The van der Waals surface area contributed by atoms with Crippen LogP contribution in [-0.4, -0.2) is 72.3 Å². The predicted octanol–water partition coefficient (Wildman–Crippen LogP) is 2.64. The van der Waals surface area contributed by atoms with Crippen LogP contribution < -0.4 is 21.3 Å². The average Bonchev–Trinajstić information content (AvgIpc) is 3.66. The lowest BCUT2D eigenvalue weighted by Crippen LogP contribution is -2.56. The van der Waals surface area contributed by atoms with Crippen LogP contribution in [0.3, 0.4) is 0 Å². The van der Waals surface area contributed by atoms with Crippen molar-refractivity contribution in [3.8, 4) is 11.3 Å². The number of benzene rings is 1. The number of hydrogen-bond donors (Lipinski definition) is 6. The minimum absolute atomic E-state index is 0.0589. The van der Waals surface area contributed by atoms with Gasteiger partial charge in [0.05, 0.1) is 46.4 Å². The number of aliphatic hydroxyl groups is 1. The van der Waals surface area contributed by atoms with E-state index in [9.17, 15) is 27.9 Å². The number of imidazole rings is 1. The normalized spacial score (nSPS) is 22.1. The first kappa shape index (κ1) is 27.9. The standard InChI is InChI=1S/C26H25ClF3N9O3/c27-18-7-12(1-2-16(18)24(41)36-13-5-14(6-13)37-25(42)19-8-15(40)9-32-19)35-22-23-33-11-20(39(23)4-3-31-22)17-10-34-38-21(17)26(28,29)30/h1-4,7,10-11,13-15,19,32,40H,5-6,8-9H2,(H,31,35)(H,34,38)(H,36,41)(H,37,42)/t13?,14?,15-,19+/m1/s1. The molecule has 1 aromatic carbocycles. The second kappa shape index (κ2) is 10.9. The number of anilines is 2. The third-order valence-electron chi connectivity index (χ3n) is 7.35. The summed E-state index contributed by atoms with van der Waals surface area (Å²) < 4.78 is 41.6. The number of alkyl halides is 3. The summed E-state index contributed by atoms with van der Waals surface area (Å²) in [6.07, 6.45) is 1.69. The van der Waals surface area contributed by atoms with Gasteiger partial charge in [0, 0.05) is 36.7 Å². The van der Waals surface area contributed by atoms with E-state index in [4.69, 9.17) is 11.6 Å². The molecule has 2 aliphatic rings. The van der Waals surface area contributed by atoms with Crippen LogP contribution in [0.2, 0.25) is 5.02 Å². The van der Waals surface area contributed by atoms with Gasteiger partial charge >= 0.3 is 6.18 Å². The highest BCUT2D eigenvalue weighted by molar-refractivity contribution is 6.34. The van der Waals surface area contributed by atoms with Gasteiger partial charge in [0.15, 0.2) is 11.5 Å². The van der Waals surface area contributed by atoms with Gasteiger partial charge in [0.2, 0.25) is 5.91 Å². The minimum atomic E-state index is -4.62. The van der Waals surface area contributed by atoms with Crippen molar-refractivity contribution < 1.29 is 27.9 Å². The molecule has 4 heterocycles. The zero-order valence-electron chi connectivity index (χ0n) is 21.7. The SMILES string of the molecule is O=C(NC1CC(NC(=O)[C@@H]2C[C@@H](O)CN2)C1)c1ccc(Nc2nccn3c(-c4cn[nH]c4C(F)(F)F)cnc23)cc1Cl. The molecule has 0 spiro atoms. The molecular formula is C26H25ClF3N9O3. The maximum absolute atomic E-state index is 13.4. The van der Waals surface area contributed by atoms with Crippen LogP contribution >= 0.6 is 11.6 Å². The first-order valence-corrected chi connectivity index (χ1v) is 13.5. The lowest BCUT2D eigenvalue weighted by molar-refractivity contribution is -0.140. The van der Waals surface area contributed by atoms with Gasteiger partial charge in [-0.2, -0.15) is 18.3 Å². The molecule has 6 N–H and O–H groups in total. The summed E-state index contributed by atoms with van der Waals surface area (Å²) >= 11 is 6.42. The molecule has 16 heteroatoms. The van der Waals surface area contributed by atoms with Crippen molar-refractivity contribution in [2.24, 2.45) is 0 Å². The fourth-order valence-electron chi connectivity index (χ4n) is 5.15. The lowest BCUT2D eigenvalue weighted by atomic mass is 9.86. The Hall–Kier alpha value is -4.21. The maximum atomic E-state index is 13.4. The highest BCUT2D eigenvalue weighted by atomic mass is 35.5. The summed E-state index contributed by atoms with van der Waals surface area (Å²) in [5.41, 5.74) is 0.0439. The number of carbonyl (C=O) groups is 2. The molecule has 2 fully saturated rings. The first-order chi connectivity index (χ1) is 20.1. The Morgan fingerprint density at radius 1 is 1.10 bits per heavy atom. The fraction of sp³-hybridized carbons (Fsp3) is 0.346. The summed E-state index contributed by atoms with van der Waals surface area (Å²) in [5, 5.41) is 27.2. The number of aliphatic hydroxyl groups excluding tert-OH is 1. The number of fused-ring (bicyclic) bond motifs is 1. The molecule has 220 valence electrons. The summed E-state index contributed by atoms with van der Waals surface area (Å²) in [4.78, 5) is 33.6. The van der Waals surface area contributed by atoms with Crippen molar-refractivity contribution in [3.05, 3.63) is 59.3 Å². The highest BCUT2D eigenvalue weighted by Crippen LogP contribution is 2.36. The van der Waals surface area contributed by atoms with Gasteiger partial charge in [-0.3, -0.25) is 19.1 Å². The summed E-state index contributed by atoms with van der Waals surface area (Å²) in [7, 11) is 0. The van der Waals surface area contributed by atoms with Crippen LogP contribution in [0.5, 0.6) is 0 Å². The third kappa shape index (κ3) is 5.49. The van der Waals surface area contributed by atoms with Gasteiger partial charge in [0.1, 0.15) is 5.69 Å². The average molecular weight is 604 g/mol. The van der Waals surface area contributed by atoms with E-state index >= 15 is 0 Å². The van der Waals surface area contributed by atoms with Gasteiger partial charge in [-0.15, -0.1) is 0 Å². The number of β-amino-alcohol motifs (C(OH)–C–C–N with tert-alkyl or cyclic N) is 1. The molecular weight excluding hydrogens is 579 g/mol. The van der Waals surface area contributed by atoms with E-state index in [0.717, 1.165) is 6.20 Å². The van der Waals surface area contributed by atoms with Gasteiger partial charge < -0.3 is 26.4 Å². The van der Waals surface area contributed by atoms with Gasteiger partial charge in [-0.1, -0.05) is 11.6 Å². The summed E-state index contributed by atoms with van der Waals surface area (Å²) in [6.45, 7) is 0.394. The Morgan fingerprint density at radius 2 is 1.88 bits per heavy atom.